The largest absolute Gasteiger partial charge is 0.330 e. The van der Waals surface area contributed by atoms with E-state index in [1.807, 2.05) is 19.1 Å². The Hall–Kier alpha value is -0.620. The zero-order valence-electron chi connectivity index (χ0n) is 11.1. The predicted octanol–water partition coefficient (Wildman–Crippen LogP) is 1.64. The van der Waals surface area contributed by atoms with E-state index in [4.69, 9.17) is 5.73 Å². The molecular weight excluding hydrogens is 284 g/mol. The van der Waals surface area contributed by atoms with Gasteiger partial charge in [0.1, 0.15) is 0 Å². The van der Waals surface area contributed by atoms with Crippen molar-refractivity contribution in [3.05, 3.63) is 29.8 Å². The highest BCUT2D eigenvalue weighted by atomic mass is 35.5. The summed E-state index contributed by atoms with van der Waals surface area (Å²) < 4.78 is 26.7. The van der Waals surface area contributed by atoms with Crippen LogP contribution in [0, 0.1) is 5.92 Å². The molecule has 1 aliphatic rings. The van der Waals surface area contributed by atoms with Crippen molar-refractivity contribution in [1.29, 1.82) is 0 Å². The number of hydrogen-bond acceptors (Lipinski definition) is 3. The van der Waals surface area contributed by atoms with Crippen molar-refractivity contribution >= 4 is 22.4 Å². The fraction of sp³-hybridized carbons (Fsp3) is 0.538. The second-order valence-corrected chi connectivity index (χ2v) is 6.62. The molecule has 0 saturated carbocycles. The number of nitrogens with two attached hydrogens (primary N) is 1. The van der Waals surface area contributed by atoms with Crippen LogP contribution in [0.2, 0.25) is 0 Å². The molecule has 2 N–H and O–H groups in total. The Morgan fingerprint density at radius 1 is 1.37 bits per heavy atom. The molecule has 0 amide bonds. The van der Waals surface area contributed by atoms with Crippen molar-refractivity contribution < 1.29 is 8.42 Å². The molecule has 1 aliphatic heterocycles. The molecule has 6 heteroatoms. The van der Waals surface area contributed by atoms with Crippen LogP contribution in [0.4, 0.5) is 0 Å². The summed E-state index contributed by atoms with van der Waals surface area (Å²) in [5.41, 5.74) is 6.50. The first-order valence-electron chi connectivity index (χ1n) is 6.37. The standard InChI is InChI=1S/C13H20N2O2S.ClH/c1-2-12-5-3-4-6-13(12)18(16,17)15-8-7-11(9-14)10-15;/h3-6,11H,2,7-10,14H2,1H3;1H. The van der Waals surface area contributed by atoms with Crippen LogP contribution < -0.4 is 5.73 Å². The Labute approximate surface area is 121 Å². The normalized spacial score (nSPS) is 20.2. The Bertz CT molecular complexity index is 519. The SMILES string of the molecule is CCc1ccccc1S(=O)(=O)N1CCC(CN)C1.Cl. The molecule has 0 bridgehead atoms. The van der Waals surface area contributed by atoms with Crippen LogP contribution in [0.5, 0.6) is 0 Å². The molecule has 1 unspecified atom stereocenters. The van der Waals surface area contributed by atoms with Gasteiger partial charge in [-0.2, -0.15) is 4.31 Å². The predicted molar refractivity (Wildman–Crippen MR) is 79.0 cm³/mol. The minimum Gasteiger partial charge on any atom is -0.330 e. The van der Waals surface area contributed by atoms with E-state index in [0.29, 0.717) is 30.4 Å². The lowest BCUT2D eigenvalue weighted by Crippen LogP contribution is -2.30. The first kappa shape index (κ1) is 16.4. The van der Waals surface area contributed by atoms with E-state index in [1.165, 1.54) is 0 Å². The average Bonchev–Trinajstić information content (AvgIpc) is 2.88. The van der Waals surface area contributed by atoms with Crippen molar-refractivity contribution in [2.24, 2.45) is 11.7 Å². The molecule has 2 rings (SSSR count). The number of nitrogens with zero attached hydrogens (tertiary/aromatic N) is 1. The number of hydrogen-bond donors (Lipinski definition) is 1. The van der Waals surface area contributed by atoms with Gasteiger partial charge in [-0.3, -0.25) is 0 Å². The fourth-order valence-electron chi connectivity index (χ4n) is 2.39. The maximum atomic E-state index is 12.6. The Kier molecular flexibility index (Phi) is 5.80. The molecule has 1 atom stereocenters. The van der Waals surface area contributed by atoms with Gasteiger partial charge in [0.25, 0.3) is 0 Å². The lowest BCUT2D eigenvalue weighted by atomic mass is 10.1. The van der Waals surface area contributed by atoms with Crippen molar-refractivity contribution in [3.63, 3.8) is 0 Å². The van der Waals surface area contributed by atoms with Crippen molar-refractivity contribution in [1.82, 2.24) is 4.31 Å². The van der Waals surface area contributed by atoms with Gasteiger partial charge in [0, 0.05) is 13.1 Å². The molecule has 4 nitrogen and oxygen atoms in total. The van der Waals surface area contributed by atoms with Crippen LogP contribution in [0.3, 0.4) is 0 Å². The topological polar surface area (TPSA) is 63.4 Å². The molecule has 1 fully saturated rings. The minimum atomic E-state index is -3.35. The molecule has 1 aromatic rings. The van der Waals surface area contributed by atoms with Crippen LogP contribution in [0.15, 0.2) is 29.2 Å². The number of halogens is 1. The molecule has 0 aliphatic carbocycles. The number of benzene rings is 1. The summed E-state index contributed by atoms with van der Waals surface area (Å²) in [4.78, 5) is 0.449. The summed E-state index contributed by atoms with van der Waals surface area (Å²) in [7, 11) is -3.35. The monoisotopic (exact) mass is 304 g/mol. The van der Waals surface area contributed by atoms with Gasteiger partial charge >= 0.3 is 0 Å². The second-order valence-electron chi connectivity index (χ2n) is 4.71. The van der Waals surface area contributed by atoms with E-state index in [-0.39, 0.29) is 12.4 Å². The van der Waals surface area contributed by atoms with Gasteiger partial charge in [-0.25, -0.2) is 8.42 Å². The van der Waals surface area contributed by atoms with Gasteiger partial charge in [0.15, 0.2) is 0 Å². The maximum absolute atomic E-state index is 12.6. The molecule has 108 valence electrons. The van der Waals surface area contributed by atoms with Crippen molar-refractivity contribution in [2.75, 3.05) is 19.6 Å². The van der Waals surface area contributed by atoms with Crippen LogP contribution in [-0.4, -0.2) is 32.4 Å². The quantitative estimate of drug-likeness (QED) is 0.920. The first-order chi connectivity index (χ1) is 8.59. The van der Waals surface area contributed by atoms with Crippen molar-refractivity contribution in [2.45, 2.75) is 24.7 Å². The number of rotatable bonds is 4. The highest BCUT2D eigenvalue weighted by Crippen LogP contribution is 2.26. The molecule has 0 aromatic heterocycles. The van der Waals surface area contributed by atoms with E-state index in [9.17, 15) is 8.42 Å². The molecule has 1 aromatic carbocycles. The van der Waals surface area contributed by atoms with E-state index in [1.54, 1.807) is 16.4 Å². The molecule has 0 radical (unpaired) electrons. The van der Waals surface area contributed by atoms with Gasteiger partial charge in [-0.1, -0.05) is 25.1 Å². The first-order valence-corrected chi connectivity index (χ1v) is 7.81. The van der Waals surface area contributed by atoms with Gasteiger partial charge in [0.05, 0.1) is 4.90 Å². The lowest BCUT2D eigenvalue weighted by molar-refractivity contribution is 0.458. The van der Waals surface area contributed by atoms with Crippen molar-refractivity contribution in [3.8, 4) is 0 Å². The third kappa shape index (κ3) is 3.28. The highest BCUT2D eigenvalue weighted by Gasteiger charge is 2.32. The molecule has 1 heterocycles. The van der Waals surface area contributed by atoms with Gasteiger partial charge in [-0.15, -0.1) is 12.4 Å². The van der Waals surface area contributed by atoms with E-state index < -0.39 is 10.0 Å². The zero-order chi connectivity index (χ0) is 13.2. The van der Waals surface area contributed by atoms with Crippen LogP contribution in [0.25, 0.3) is 0 Å². The summed E-state index contributed by atoms with van der Waals surface area (Å²) >= 11 is 0. The molecule has 1 saturated heterocycles. The second kappa shape index (κ2) is 6.70. The summed E-state index contributed by atoms with van der Waals surface area (Å²) in [6.45, 7) is 3.67. The van der Waals surface area contributed by atoms with Gasteiger partial charge in [0.2, 0.25) is 10.0 Å². The third-order valence-electron chi connectivity index (χ3n) is 3.55. The Morgan fingerprint density at radius 2 is 2.05 bits per heavy atom. The maximum Gasteiger partial charge on any atom is 0.243 e. The lowest BCUT2D eigenvalue weighted by Gasteiger charge is -2.18. The molecule has 19 heavy (non-hydrogen) atoms. The fourth-order valence-corrected chi connectivity index (χ4v) is 4.22. The Morgan fingerprint density at radius 3 is 2.63 bits per heavy atom. The number of aryl methyl sites for hydroxylation is 1. The van der Waals surface area contributed by atoms with Gasteiger partial charge < -0.3 is 5.73 Å². The zero-order valence-corrected chi connectivity index (χ0v) is 12.7. The van der Waals surface area contributed by atoms with Crippen LogP contribution in [0.1, 0.15) is 18.9 Å². The minimum absolute atomic E-state index is 0. The van der Waals surface area contributed by atoms with Crippen LogP contribution >= 0.6 is 12.4 Å². The Balaban J connectivity index is 0.00000180. The summed E-state index contributed by atoms with van der Waals surface area (Å²) in [5, 5.41) is 0. The van der Waals surface area contributed by atoms with Gasteiger partial charge in [-0.05, 0) is 36.9 Å². The number of sulfonamides is 1. The smallest absolute Gasteiger partial charge is 0.243 e. The summed E-state index contributed by atoms with van der Waals surface area (Å²) in [5.74, 6) is 0.300. The van der Waals surface area contributed by atoms with E-state index >= 15 is 0 Å². The summed E-state index contributed by atoms with van der Waals surface area (Å²) in [6, 6.07) is 7.24. The third-order valence-corrected chi connectivity index (χ3v) is 5.52. The summed E-state index contributed by atoms with van der Waals surface area (Å²) in [6.07, 6.45) is 1.59. The van der Waals surface area contributed by atoms with Crippen LogP contribution in [-0.2, 0) is 16.4 Å². The van der Waals surface area contributed by atoms with E-state index in [2.05, 4.69) is 0 Å². The highest BCUT2D eigenvalue weighted by molar-refractivity contribution is 7.89. The average molecular weight is 305 g/mol. The van der Waals surface area contributed by atoms with E-state index in [0.717, 1.165) is 18.4 Å². The molecular formula is C13H21ClN2O2S. The molecule has 0 spiro atoms.